The first-order chi connectivity index (χ1) is 23.9. The number of ketones is 1. The molecule has 1 fully saturated rings. The molecular weight excluding hydrogens is 659 g/mol. The Hall–Kier alpha value is -4.35. The highest BCUT2D eigenvalue weighted by molar-refractivity contribution is 8.00. The molecule has 11 heteroatoms. The van der Waals surface area contributed by atoms with Gasteiger partial charge in [0, 0.05) is 11.3 Å². The molecule has 0 radical (unpaired) electrons. The second-order valence-electron chi connectivity index (χ2n) is 11.7. The van der Waals surface area contributed by atoms with Gasteiger partial charge in [0.1, 0.15) is 11.5 Å². The molecule has 2 heterocycles. The van der Waals surface area contributed by atoms with Gasteiger partial charge in [0.25, 0.3) is 5.78 Å². The van der Waals surface area contributed by atoms with E-state index in [0.717, 1.165) is 31.2 Å². The fraction of sp³-hybridized carbons (Fsp3) is 0.368. The van der Waals surface area contributed by atoms with E-state index in [9.17, 15) is 14.7 Å². The Morgan fingerprint density at radius 2 is 1.59 bits per heavy atom. The summed E-state index contributed by atoms with van der Waals surface area (Å²) in [6.45, 7) is 5.41. The van der Waals surface area contributed by atoms with Gasteiger partial charge < -0.3 is 19.3 Å². The number of methoxy groups -OCH3 is 1. The molecule has 0 spiro atoms. The van der Waals surface area contributed by atoms with Crippen molar-refractivity contribution in [1.29, 1.82) is 0 Å². The molecule has 1 aliphatic heterocycles. The average molecular weight is 702 g/mol. The molecule has 258 valence electrons. The summed E-state index contributed by atoms with van der Waals surface area (Å²) in [4.78, 5) is 28.9. The van der Waals surface area contributed by atoms with Crippen molar-refractivity contribution < 1.29 is 28.9 Å². The molecule has 49 heavy (non-hydrogen) atoms. The van der Waals surface area contributed by atoms with Gasteiger partial charge >= 0.3 is 5.91 Å². The smallest absolute Gasteiger partial charge is 0.301 e. The van der Waals surface area contributed by atoms with E-state index in [1.807, 2.05) is 30.3 Å². The fourth-order valence-electron chi connectivity index (χ4n) is 5.48. The van der Waals surface area contributed by atoms with E-state index in [2.05, 4.69) is 24.0 Å². The lowest BCUT2D eigenvalue weighted by molar-refractivity contribution is -0.132. The third-order valence-corrected chi connectivity index (χ3v) is 10.3. The number of hydrogen-bond donors (Lipinski definition) is 1. The number of Topliss-reactive ketones (excluding diaryl/α,β-unsaturated/α-hetero) is 1. The molecule has 1 saturated heterocycles. The number of nitrogens with zero attached hydrogens (tertiary/aromatic N) is 3. The van der Waals surface area contributed by atoms with Crippen molar-refractivity contribution in [3.8, 4) is 17.2 Å². The number of benzene rings is 3. The van der Waals surface area contributed by atoms with Crippen molar-refractivity contribution in [2.45, 2.75) is 74.9 Å². The normalized spacial score (nSPS) is 15.5. The molecule has 0 aliphatic carbocycles. The molecule has 1 atom stereocenters. The SMILES string of the molecule is CCCCCCCOc1ccc([C@H]2C(=C(O)c3ccc(OCCCC)cc3)C(=O)C(=O)N2c2nnc(SCc3ccccc3)s2)cc1OC. The largest absolute Gasteiger partial charge is 0.507 e. The molecule has 3 aromatic carbocycles. The number of rotatable bonds is 18. The Bertz CT molecular complexity index is 1730. The molecule has 0 bridgehead atoms. The molecule has 1 aromatic heterocycles. The quantitative estimate of drug-likeness (QED) is 0.0271. The highest BCUT2D eigenvalue weighted by Crippen LogP contribution is 2.45. The van der Waals surface area contributed by atoms with Crippen molar-refractivity contribution in [1.82, 2.24) is 10.2 Å². The third-order valence-electron chi connectivity index (χ3n) is 8.15. The van der Waals surface area contributed by atoms with Crippen LogP contribution in [0.25, 0.3) is 5.76 Å². The first-order valence-electron chi connectivity index (χ1n) is 16.8. The van der Waals surface area contributed by atoms with Gasteiger partial charge in [-0.3, -0.25) is 14.5 Å². The number of aromatic nitrogens is 2. The second kappa shape index (κ2) is 17.9. The van der Waals surface area contributed by atoms with Crippen LogP contribution in [0.3, 0.4) is 0 Å². The monoisotopic (exact) mass is 701 g/mol. The van der Waals surface area contributed by atoms with Crippen molar-refractivity contribution >= 4 is 45.7 Å². The minimum absolute atomic E-state index is 0.0509. The summed E-state index contributed by atoms with van der Waals surface area (Å²) in [5.41, 5.74) is 2.02. The van der Waals surface area contributed by atoms with E-state index >= 15 is 0 Å². The topological polar surface area (TPSA) is 111 Å². The fourth-order valence-corrected chi connectivity index (χ4v) is 7.31. The van der Waals surface area contributed by atoms with Crippen molar-refractivity contribution in [3.05, 3.63) is 95.1 Å². The summed E-state index contributed by atoms with van der Waals surface area (Å²) >= 11 is 2.72. The number of aliphatic hydroxyl groups is 1. The average Bonchev–Trinajstić information content (AvgIpc) is 3.70. The van der Waals surface area contributed by atoms with Crippen molar-refractivity contribution in [2.75, 3.05) is 25.2 Å². The maximum absolute atomic E-state index is 13.8. The van der Waals surface area contributed by atoms with Crippen molar-refractivity contribution in [2.24, 2.45) is 0 Å². The molecule has 0 unspecified atom stereocenters. The van der Waals surface area contributed by atoms with Gasteiger partial charge in [0.05, 0.1) is 31.9 Å². The van der Waals surface area contributed by atoms with Crippen LogP contribution in [0.5, 0.6) is 17.2 Å². The van der Waals surface area contributed by atoms with Gasteiger partial charge in [-0.15, -0.1) is 10.2 Å². The number of hydrogen-bond acceptors (Lipinski definition) is 10. The number of amides is 1. The summed E-state index contributed by atoms with van der Waals surface area (Å²) in [6.07, 6.45) is 7.50. The lowest BCUT2D eigenvalue weighted by atomic mass is 9.95. The first kappa shape index (κ1) is 35.9. The zero-order valence-electron chi connectivity index (χ0n) is 28.2. The van der Waals surface area contributed by atoms with E-state index in [-0.39, 0.29) is 16.5 Å². The van der Waals surface area contributed by atoms with Gasteiger partial charge in [-0.05, 0) is 60.4 Å². The number of anilines is 1. The number of thioether (sulfide) groups is 1. The predicted molar refractivity (Wildman–Crippen MR) is 195 cm³/mol. The number of unbranched alkanes of at least 4 members (excludes halogenated alkanes) is 5. The Morgan fingerprint density at radius 1 is 0.857 bits per heavy atom. The van der Waals surface area contributed by atoms with Crippen LogP contribution in [-0.4, -0.2) is 47.3 Å². The summed E-state index contributed by atoms with van der Waals surface area (Å²) in [6, 6.07) is 21.2. The Kier molecular flexibility index (Phi) is 13.1. The zero-order valence-corrected chi connectivity index (χ0v) is 29.9. The lowest BCUT2D eigenvalue weighted by Crippen LogP contribution is -2.29. The Labute approximate surface area is 296 Å². The third kappa shape index (κ3) is 9.01. The number of carbonyl (C=O) groups is 2. The zero-order chi connectivity index (χ0) is 34.6. The maximum atomic E-state index is 13.8. The van der Waals surface area contributed by atoms with Crippen LogP contribution >= 0.6 is 23.1 Å². The highest BCUT2D eigenvalue weighted by Gasteiger charge is 2.48. The lowest BCUT2D eigenvalue weighted by Gasteiger charge is -2.23. The first-order valence-corrected chi connectivity index (χ1v) is 18.6. The number of aliphatic hydroxyl groups excluding tert-OH is 1. The molecule has 1 aliphatic rings. The van der Waals surface area contributed by atoms with E-state index in [4.69, 9.17) is 14.2 Å². The minimum atomic E-state index is -0.989. The standard InChI is InChI=1S/C38H43N3O6S2/c1-4-6-8-9-13-23-47-30-21-18-28(24-31(30)45-3)33-32(34(42)27-16-19-29(20-17-27)46-22-7-5-2)35(43)36(44)41(33)37-39-40-38(49-37)48-25-26-14-11-10-12-15-26/h10-12,14-21,24,33,42H,4-9,13,22-23,25H2,1-3H3/t33-/m0/s1. The van der Waals surface area contributed by atoms with Gasteiger partial charge in [0.15, 0.2) is 15.8 Å². The number of ether oxygens (including phenoxy) is 3. The molecule has 5 rings (SSSR count). The minimum Gasteiger partial charge on any atom is -0.507 e. The van der Waals surface area contributed by atoms with Crippen LogP contribution < -0.4 is 19.1 Å². The van der Waals surface area contributed by atoms with E-state index in [1.54, 1.807) is 49.6 Å². The van der Waals surface area contributed by atoms with Gasteiger partial charge in [-0.2, -0.15) is 0 Å². The van der Waals surface area contributed by atoms with Crippen LogP contribution in [0.1, 0.15) is 81.5 Å². The van der Waals surface area contributed by atoms with Crippen LogP contribution in [0.2, 0.25) is 0 Å². The molecular formula is C38H43N3O6S2. The highest BCUT2D eigenvalue weighted by atomic mass is 32.2. The van der Waals surface area contributed by atoms with Gasteiger partial charge in [0.2, 0.25) is 5.13 Å². The van der Waals surface area contributed by atoms with Crippen LogP contribution in [0, 0.1) is 0 Å². The predicted octanol–water partition coefficient (Wildman–Crippen LogP) is 8.99. The maximum Gasteiger partial charge on any atom is 0.301 e. The molecule has 0 saturated carbocycles. The summed E-state index contributed by atoms with van der Waals surface area (Å²) in [5, 5.41) is 20.6. The molecule has 4 aromatic rings. The van der Waals surface area contributed by atoms with E-state index < -0.39 is 17.7 Å². The second-order valence-corrected chi connectivity index (χ2v) is 13.9. The van der Waals surface area contributed by atoms with Gasteiger partial charge in [-0.1, -0.05) is 105 Å². The van der Waals surface area contributed by atoms with Crippen LogP contribution in [-0.2, 0) is 15.3 Å². The van der Waals surface area contributed by atoms with E-state index in [0.29, 0.717) is 51.7 Å². The summed E-state index contributed by atoms with van der Waals surface area (Å²) in [5.74, 6) is 0.448. The van der Waals surface area contributed by atoms with Crippen LogP contribution in [0.15, 0.2) is 82.7 Å². The van der Waals surface area contributed by atoms with Gasteiger partial charge in [-0.25, -0.2) is 0 Å². The summed E-state index contributed by atoms with van der Waals surface area (Å²) < 4.78 is 18.2. The Balaban J connectivity index is 1.48. The van der Waals surface area contributed by atoms with Crippen LogP contribution in [0.4, 0.5) is 5.13 Å². The summed E-state index contributed by atoms with van der Waals surface area (Å²) in [7, 11) is 1.55. The van der Waals surface area contributed by atoms with E-state index in [1.165, 1.54) is 47.3 Å². The number of carbonyl (C=O) groups excluding carboxylic acids is 2. The Morgan fingerprint density at radius 3 is 2.33 bits per heavy atom. The molecule has 9 nitrogen and oxygen atoms in total. The molecule has 1 amide bonds. The van der Waals surface area contributed by atoms with Crippen molar-refractivity contribution in [3.63, 3.8) is 0 Å². The molecule has 1 N–H and O–H groups in total.